The van der Waals surface area contributed by atoms with Gasteiger partial charge in [0.05, 0.1) is 0 Å². The van der Waals surface area contributed by atoms with Crippen LogP contribution in [0.25, 0.3) is 11.1 Å². The molecule has 158 valence electrons. The smallest absolute Gasteiger partial charge is 0.326 e. The lowest BCUT2D eigenvalue weighted by Crippen LogP contribution is -2.43. The van der Waals surface area contributed by atoms with Crippen molar-refractivity contribution in [2.75, 3.05) is 30.0 Å². The van der Waals surface area contributed by atoms with Crippen LogP contribution in [0, 0.1) is 0 Å². The van der Waals surface area contributed by atoms with Crippen LogP contribution in [-0.4, -0.2) is 60.2 Å². The lowest BCUT2D eigenvalue weighted by molar-refractivity contribution is -0.139. The Kier molecular flexibility index (Phi) is 6.29. The number of benzene rings is 2. The molecule has 1 amide bonds. The summed E-state index contributed by atoms with van der Waals surface area (Å²) in [6.45, 7) is 1.96. The van der Waals surface area contributed by atoms with Crippen molar-refractivity contribution >= 4 is 29.3 Å². The van der Waals surface area contributed by atoms with Crippen LogP contribution in [0.5, 0.6) is 0 Å². The Morgan fingerprint density at radius 3 is 2.70 bits per heavy atom. The average Bonchev–Trinajstić information content (AvgIpc) is 3.40. The summed E-state index contributed by atoms with van der Waals surface area (Å²) in [4.78, 5) is 27.1. The quantitative estimate of drug-likeness (QED) is 0.603. The summed E-state index contributed by atoms with van der Waals surface area (Å²) in [6.07, 6.45) is 3.47. The van der Waals surface area contributed by atoms with E-state index in [9.17, 15) is 14.7 Å². The highest BCUT2D eigenvalue weighted by Gasteiger charge is 2.37. The Bertz CT molecular complexity index is 921. The van der Waals surface area contributed by atoms with Gasteiger partial charge in [0.15, 0.2) is 0 Å². The molecule has 0 aliphatic carbocycles. The van der Waals surface area contributed by atoms with Crippen LogP contribution in [0.4, 0.5) is 5.69 Å². The summed E-state index contributed by atoms with van der Waals surface area (Å²) >= 11 is 1.57. The molecule has 2 heterocycles. The number of amides is 1. The minimum absolute atomic E-state index is 0.349. The number of carboxylic acid groups (broad SMARTS) is 1. The molecule has 30 heavy (non-hydrogen) atoms. The minimum atomic E-state index is -1.00. The summed E-state index contributed by atoms with van der Waals surface area (Å²) in [5, 5.41) is 15.7. The van der Waals surface area contributed by atoms with Crippen LogP contribution >= 0.6 is 11.8 Å². The largest absolute Gasteiger partial charge is 0.480 e. The summed E-state index contributed by atoms with van der Waals surface area (Å²) in [5.41, 5.74) is 3.39. The number of anilines is 1. The molecular weight excluding hydrogens is 398 g/mol. The molecule has 4 rings (SSSR count). The van der Waals surface area contributed by atoms with Gasteiger partial charge >= 0.3 is 5.97 Å². The van der Waals surface area contributed by atoms with Crippen molar-refractivity contribution in [1.82, 2.24) is 10.6 Å². The van der Waals surface area contributed by atoms with E-state index < -0.39 is 12.0 Å². The first kappa shape index (κ1) is 20.8. The maximum Gasteiger partial charge on any atom is 0.326 e. The number of fused-ring (bicyclic) bond motifs is 2. The zero-order valence-electron chi connectivity index (χ0n) is 17.0. The van der Waals surface area contributed by atoms with Gasteiger partial charge in [-0.1, -0.05) is 30.3 Å². The lowest BCUT2D eigenvalue weighted by atomic mass is 9.97. The van der Waals surface area contributed by atoms with E-state index in [0.29, 0.717) is 29.8 Å². The van der Waals surface area contributed by atoms with Gasteiger partial charge in [0.2, 0.25) is 0 Å². The highest BCUT2D eigenvalue weighted by molar-refractivity contribution is 7.98. The molecule has 0 saturated carbocycles. The first-order valence-corrected chi connectivity index (χ1v) is 11.7. The van der Waals surface area contributed by atoms with Crippen molar-refractivity contribution in [3.8, 4) is 11.1 Å². The van der Waals surface area contributed by atoms with Crippen LogP contribution in [0.2, 0.25) is 0 Å². The van der Waals surface area contributed by atoms with E-state index in [1.807, 2.05) is 48.7 Å². The van der Waals surface area contributed by atoms with E-state index in [2.05, 4.69) is 21.6 Å². The van der Waals surface area contributed by atoms with Crippen molar-refractivity contribution in [3.05, 3.63) is 54.1 Å². The molecule has 3 unspecified atom stereocenters. The number of hydrogen-bond acceptors (Lipinski definition) is 5. The third kappa shape index (κ3) is 4.32. The summed E-state index contributed by atoms with van der Waals surface area (Å²) < 4.78 is 0. The monoisotopic (exact) mass is 425 g/mol. The van der Waals surface area contributed by atoms with Crippen LogP contribution in [0.1, 0.15) is 23.2 Å². The van der Waals surface area contributed by atoms with Gasteiger partial charge in [-0.25, -0.2) is 4.79 Å². The average molecular weight is 426 g/mol. The summed E-state index contributed by atoms with van der Waals surface area (Å²) in [7, 11) is 0. The normalized spacial score (nSPS) is 20.9. The zero-order chi connectivity index (χ0) is 21.1. The third-order valence-electron chi connectivity index (χ3n) is 5.93. The van der Waals surface area contributed by atoms with E-state index in [4.69, 9.17) is 0 Å². The van der Waals surface area contributed by atoms with Crippen molar-refractivity contribution in [2.45, 2.75) is 31.0 Å². The van der Waals surface area contributed by atoms with Crippen molar-refractivity contribution in [1.29, 1.82) is 0 Å². The Hall–Kier alpha value is -2.51. The molecule has 2 saturated heterocycles. The molecular formula is C23H27N3O3S. The molecule has 2 aromatic carbocycles. The van der Waals surface area contributed by atoms with Crippen molar-refractivity contribution < 1.29 is 14.7 Å². The van der Waals surface area contributed by atoms with E-state index in [0.717, 1.165) is 36.3 Å². The fraction of sp³-hybridized carbons (Fsp3) is 0.391. The minimum Gasteiger partial charge on any atom is -0.480 e. The topological polar surface area (TPSA) is 81.7 Å². The summed E-state index contributed by atoms with van der Waals surface area (Å²) in [6, 6.07) is 15.8. The second-order valence-corrected chi connectivity index (χ2v) is 8.87. The molecule has 3 atom stereocenters. The van der Waals surface area contributed by atoms with Crippen LogP contribution in [0.15, 0.2) is 48.5 Å². The molecule has 7 heteroatoms. The first-order chi connectivity index (χ1) is 14.6. The zero-order valence-corrected chi connectivity index (χ0v) is 17.8. The molecule has 0 spiro atoms. The van der Waals surface area contributed by atoms with Gasteiger partial charge in [0.25, 0.3) is 5.91 Å². The van der Waals surface area contributed by atoms with Crippen LogP contribution < -0.4 is 15.5 Å². The first-order valence-electron chi connectivity index (χ1n) is 10.3. The molecule has 0 aromatic heterocycles. The SMILES string of the molecule is CSCCC(NC(=O)c1ccc(N2CC3CC2CN3)cc1-c1ccccc1)C(=O)O. The number of carbonyl (C=O) groups is 2. The number of carbonyl (C=O) groups excluding carboxylic acids is 1. The predicted molar refractivity (Wildman–Crippen MR) is 121 cm³/mol. The maximum atomic E-state index is 13.1. The molecule has 0 radical (unpaired) electrons. The second kappa shape index (κ2) is 9.10. The number of piperazine rings is 1. The summed E-state index contributed by atoms with van der Waals surface area (Å²) in [5.74, 6) is -0.679. The molecule has 3 N–H and O–H groups in total. The molecule has 2 aliphatic rings. The van der Waals surface area contributed by atoms with Gasteiger partial charge in [-0.15, -0.1) is 0 Å². The Balaban J connectivity index is 1.65. The molecule has 2 aliphatic heterocycles. The van der Waals surface area contributed by atoms with Gasteiger partial charge in [-0.05, 0) is 54.2 Å². The van der Waals surface area contributed by atoms with Crippen LogP contribution in [-0.2, 0) is 4.79 Å². The van der Waals surface area contributed by atoms with Crippen molar-refractivity contribution in [3.63, 3.8) is 0 Å². The van der Waals surface area contributed by atoms with E-state index in [1.165, 1.54) is 0 Å². The number of thioether (sulfide) groups is 1. The Morgan fingerprint density at radius 1 is 1.27 bits per heavy atom. The maximum absolute atomic E-state index is 13.1. The molecule has 2 bridgehead atoms. The highest BCUT2D eigenvalue weighted by atomic mass is 32.2. The Labute approximate surface area is 181 Å². The van der Waals surface area contributed by atoms with E-state index >= 15 is 0 Å². The number of aliphatic carboxylic acids is 1. The van der Waals surface area contributed by atoms with Crippen molar-refractivity contribution in [2.24, 2.45) is 0 Å². The van der Waals surface area contributed by atoms with Gasteiger partial charge in [0.1, 0.15) is 6.04 Å². The molecule has 6 nitrogen and oxygen atoms in total. The number of carboxylic acids is 1. The van der Waals surface area contributed by atoms with Crippen LogP contribution in [0.3, 0.4) is 0 Å². The number of nitrogens with zero attached hydrogens (tertiary/aromatic N) is 1. The number of rotatable bonds is 8. The molecule has 2 fully saturated rings. The van der Waals surface area contributed by atoms with Gasteiger partial charge < -0.3 is 20.6 Å². The van der Waals surface area contributed by atoms with E-state index in [-0.39, 0.29) is 5.91 Å². The second-order valence-electron chi connectivity index (χ2n) is 7.89. The Morgan fingerprint density at radius 2 is 2.07 bits per heavy atom. The number of hydrogen-bond donors (Lipinski definition) is 3. The van der Waals surface area contributed by atoms with Gasteiger partial charge in [0, 0.05) is 36.4 Å². The standard InChI is InChI=1S/C23H27N3O3S/c1-30-10-9-21(23(28)29)25-22(27)19-8-7-17(26-14-16-11-18(26)13-24-16)12-20(19)15-5-3-2-4-6-15/h2-8,12,16,18,21,24H,9-11,13-14H2,1H3,(H,25,27)(H,28,29). The number of nitrogens with one attached hydrogen (secondary N) is 2. The fourth-order valence-electron chi connectivity index (χ4n) is 4.37. The molecule has 2 aromatic rings. The van der Waals surface area contributed by atoms with Gasteiger partial charge in [-0.2, -0.15) is 11.8 Å². The fourth-order valence-corrected chi connectivity index (χ4v) is 4.84. The predicted octanol–water partition coefficient (Wildman–Crippen LogP) is 2.84. The third-order valence-corrected chi connectivity index (χ3v) is 6.58. The van der Waals surface area contributed by atoms with Gasteiger partial charge in [-0.3, -0.25) is 4.79 Å². The lowest BCUT2D eigenvalue weighted by Gasteiger charge is -2.30. The highest BCUT2D eigenvalue weighted by Crippen LogP contribution is 2.34. The van der Waals surface area contributed by atoms with E-state index in [1.54, 1.807) is 11.8 Å².